The van der Waals surface area contributed by atoms with Gasteiger partial charge in [0.25, 0.3) is 0 Å². The van der Waals surface area contributed by atoms with Gasteiger partial charge in [-0.15, -0.1) is 0 Å². The van der Waals surface area contributed by atoms with Crippen molar-refractivity contribution in [1.82, 2.24) is 0 Å². The molecule has 0 atom stereocenters. The van der Waals surface area contributed by atoms with E-state index in [1.165, 1.54) is 6.92 Å². The van der Waals surface area contributed by atoms with Crippen molar-refractivity contribution in [2.75, 3.05) is 26.4 Å². The molecule has 0 radical (unpaired) electrons. The summed E-state index contributed by atoms with van der Waals surface area (Å²) in [5.74, 6) is -1.35. The molecule has 6 heteroatoms. The van der Waals surface area contributed by atoms with Crippen molar-refractivity contribution in [2.24, 2.45) is 0 Å². The molecule has 0 unspecified atom stereocenters. The highest BCUT2D eigenvalue weighted by Crippen LogP contribution is 1.96. The molecule has 0 spiro atoms. The molecule has 0 aromatic rings. The highest BCUT2D eigenvalue weighted by atomic mass is 16.6. The zero-order valence-corrected chi connectivity index (χ0v) is 10.7. The molecule has 0 heterocycles. The van der Waals surface area contributed by atoms with E-state index in [4.69, 9.17) is 14.2 Å². The van der Waals surface area contributed by atoms with Crippen LogP contribution in [-0.2, 0) is 28.6 Å². The second-order valence-electron chi connectivity index (χ2n) is 3.48. The number of hydrogen-bond donors (Lipinski definition) is 0. The van der Waals surface area contributed by atoms with Gasteiger partial charge in [-0.05, 0) is 13.8 Å². The van der Waals surface area contributed by atoms with Gasteiger partial charge in [-0.1, -0.05) is 6.58 Å². The molecule has 0 aliphatic carbocycles. The lowest BCUT2D eigenvalue weighted by atomic mass is 10.3. The van der Waals surface area contributed by atoms with Crippen molar-refractivity contribution in [3.05, 3.63) is 12.2 Å². The fourth-order valence-electron chi connectivity index (χ4n) is 0.956. The van der Waals surface area contributed by atoms with E-state index < -0.39 is 11.9 Å². The quantitative estimate of drug-likeness (QED) is 0.261. The van der Waals surface area contributed by atoms with Crippen LogP contribution < -0.4 is 0 Å². The smallest absolute Gasteiger partial charge is 0.335 e. The summed E-state index contributed by atoms with van der Waals surface area (Å²) in [6.45, 7) is 6.95. The third kappa shape index (κ3) is 8.46. The summed E-state index contributed by atoms with van der Waals surface area (Å²) >= 11 is 0. The zero-order valence-electron chi connectivity index (χ0n) is 10.7. The van der Waals surface area contributed by atoms with Crippen molar-refractivity contribution in [1.29, 1.82) is 0 Å². The molecule has 18 heavy (non-hydrogen) atoms. The summed E-state index contributed by atoms with van der Waals surface area (Å²) in [5, 5.41) is 0. The van der Waals surface area contributed by atoms with Crippen LogP contribution in [0.3, 0.4) is 0 Å². The van der Waals surface area contributed by atoms with E-state index in [2.05, 4.69) is 6.58 Å². The number of rotatable bonds is 9. The Kier molecular flexibility index (Phi) is 8.47. The number of hydrogen-bond acceptors (Lipinski definition) is 6. The molecule has 6 nitrogen and oxygen atoms in total. The molecular formula is C12H18O6. The topological polar surface area (TPSA) is 78.9 Å². The highest BCUT2D eigenvalue weighted by Gasteiger charge is 2.08. The molecule has 102 valence electrons. The SMILES string of the molecule is C=C(COCCOC(=O)CC(C)=O)C(=O)OCC. The van der Waals surface area contributed by atoms with Crippen LogP contribution in [0.5, 0.6) is 0 Å². The predicted molar refractivity (Wildman–Crippen MR) is 62.8 cm³/mol. The number of ether oxygens (including phenoxy) is 3. The van der Waals surface area contributed by atoms with Crippen molar-refractivity contribution in [3.8, 4) is 0 Å². The summed E-state index contributed by atoms with van der Waals surface area (Å²) in [4.78, 5) is 32.6. The maximum Gasteiger partial charge on any atom is 0.335 e. The van der Waals surface area contributed by atoms with Gasteiger partial charge < -0.3 is 14.2 Å². The van der Waals surface area contributed by atoms with Crippen LogP contribution in [0.25, 0.3) is 0 Å². The minimum absolute atomic E-state index is 0.0170. The Morgan fingerprint density at radius 3 is 2.33 bits per heavy atom. The second-order valence-corrected chi connectivity index (χ2v) is 3.48. The monoisotopic (exact) mass is 258 g/mol. The van der Waals surface area contributed by atoms with Crippen LogP contribution in [0.2, 0.25) is 0 Å². The standard InChI is InChI=1S/C12H18O6/c1-4-17-12(15)9(2)8-16-5-6-18-11(14)7-10(3)13/h2,4-8H2,1,3H3. The molecule has 0 rings (SSSR count). The Bertz CT molecular complexity index is 321. The first-order chi connectivity index (χ1) is 8.47. The lowest BCUT2D eigenvalue weighted by Gasteiger charge is -2.07. The van der Waals surface area contributed by atoms with E-state index in [-0.39, 0.29) is 44.2 Å². The van der Waals surface area contributed by atoms with Gasteiger partial charge in [0.2, 0.25) is 0 Å². The number of carbonyl (C=O) groups is 3. The average molecular weight is 258 g/mol. The van der Waals surface area contributed by atoms with E-state index in [1.807, 2.05) is 0 Å². The molecule has 0 aliphatic heterocycles. The first-order valence-electron chi connectivity index (χ1n) is 5.55. The highest BCUT2D eigenvalue weighted by molar-refractivity contribution is 5.94. The molecular weight excluding hydrogens is 240 g/mol. The fourth-order valence-corrected chi connectivity index (χ4v) is 0.956. The van der Waals surface area contributed by atoms with Crippen LogP contribution in [0, 0.1) is 0 Å². The maximum absolute atomic E-state index is 11.1. The van der Waals surface area contributed by atoms with Gasteiger partial charge in [0.15, 0.2) is 0 Å². The minimum atomic E-state index is -0.588. The Morgan fingerprint density at radius 1 is 1.11 bits per heavy atom. The first-order valence-corrected chi connectivity index (χ1v) is 5.55. The number of ketones is 1. The Morgan fingerprint density at radius 2 is 1.78 bits per heavy atom. The summed E-state index contributed by atoms with van der Waals surface area (Å²) in [7, 11) is 0. The summed E-state index contributed by atoms with van der Waals surface area (Å²) in [6.07, 6.45) is -0.241. The van der Waals surface area contributed by atoms with Gasteiger partial charge >= 0.3 is 11.9 Å². The normalized spacial score (nSPS) is 9.67. The molecule has 0 aromatic heterocycles. The Hall–Kier alpha value is -1.69. The van der Waals surface area contributed by atoms with Crippen LogP contribution in [0.1, 0.15) is 20.3 Å². The molecule has 0 saturated carbocycles. The number of esters is 2. The predicted octanol–water partition coefficient (Wildman–Crippen LogP) is 0.645. The van der Waals surface area contributed by atoms with Crippen LogP contribution >= 0.6 is 0 Å². The average Bonchev–Trinajstić information content (AvgIpc) is 2.27. The Balaban J connectivity index is 3.56. The maximum atomic E-state index is 11.1. The molecule has 0 aromatic carbocycles. The summed E-state index contributed by atoms with van der Waals surface area (Å²) in [6, 6.07) is 0. The van der Waals surface area contributed by atoms with E-state index in [1.54, 1.807) is 6.92 Å². The molecule has 0 N–H and O–H groups in total. The Labute approximate surface area is 106 Å². The lowest BCUT2D eigenvalue weighted by Crippen LogP contribution is -2.16. The van der Waals surface area contributed by atoms with Gasteiger partial charge in [0.1, 0.15) is 18.8 Å². The molecule has 0 aliphatic rings. The van der Waals surface area contributed by atoms with Crippen molar-refractivity contribution in [2.45, 2.75) is 20.3 Å². The van der Waals surface area contributed by atoms with Gasteiger partial charge in [-0.25, -0.2) is 4.79 Å². The first kappa shape index (κ1) is 16.3. The van der Waals surface area contributed by atoms with Crippen molar-refractivity contribution < 1.29 is 28.6 Å². The van der Waals surface area contributed by atoms with Gasteiger partial charge in [0, 0.05) is 0 Å². The molecule has 0 fully saturated rings. The summed E-state index contributed by atoms with van der Waals surface area (Å²) in [5.41, 5.74) is 0.201. The van der Waals surface area contributed by atoms with E-state index in [9.17, 15) is 14.4 Å². The second kappa shape index (κ2) is 9.35. The zero-order chi connectivity index (χ0) is 14.0. The van der Waals surface area contributed by atoms with Crippen LogP contribution in [-0.4, -0.2) is 44.1 Å². The van der Waals surface area contributed by atoms with Crippen LogP contribution in [0.15, 0.2) is 12.2 Å². The van der Waals surface area contributed by atoms with E-state index >= 15 is 0 Å². The third-order valence-corrected chi connectivity index (χ3v) is 1.72. The number of carbonyl (C=O) groups excluding carboxylic acids is 3. The fraction of sp³-hybridized carbons (Fsp3) is 0.583. The van der Waals surface area contributed by atoms with Crippen LogP contribution in [0.4, 0.5) is 0 Å². The lowest BCUT2D eigenvalue weighted by molar-refractivity contribution is -0.147. The summed E-state index contributed by atoms with van der Waals surface area (Å²) < 4.78 is 14.5. The van der Waals surface area contributed by atoms with E-state index in [0.717, 1.165) is 0 Å². The van der Waals surface area contributed by atoms with E-state index in [0.29, 0.717) is 0 Å². The largest absolute Gasteiger partial charge is 0.463 e. The van der Waals surface area contributed by atoms with Gasteiger partial charge in [-0.3, -0.25) is 9.59 Å². The van der Waals surface area contributed by atoms with Gasteiger partial charge in [0.05, 0.1) is 25.4 Å². The molecule has 0 saturated heterocycles. The van der Waals surface area contributed by atoms with Crippen molar-refractivity contribution in [3.63, 3.8) is 0 Å². The number of Topliss-reactive ketones (excluding diaryl/α,β-unsaturated/α-hetero) is 1. The van der Waals surface area contributed by atoms with Crippen molar-refractivity contribution >= 4 is 17.7 Å². The third-order valence-electron chi connectivity index (χ3n) is 1.72. The molecule has 0 bridgehead atoms. The molecule has 0 amide bonds. The minimum Gasteiger partial charge on any atom is -0.463 e. The van der Waals surface area contributed by atoms with Gasteiger partial charge in [-0.2, -0.15) is 0 Å².